The quantitative estimate of drug-likeness (QED) is 0.830. The summed E-state index contributed by atoms with van der Waals surface area (Å²) in [5.41, 5.74) is 2.76. The van der Waals surface area contributed by atoms with Crippen molar-refractivity contribution in [3.63, 3.8) is 0 Å². The van der Waals surface area contributed by atoms with E-state index in [-0.39, 0.29) is 6.10 Å². The van der Waals surface area contributed by atoms with Crippen LogP contribution in [0.1, 0.15) is 57.2 Å². The van der Waals surface area contributed by atoms with E-state index in [1.54, 1.807) is 0 Å². The summed E-state index contributed by atoms with van der Waals surface area (Å²) in [4.78, 5) is 0. The van der Waals surface area contributed by atoms with Gasteiger partial charge in [0.15, 0.2) is 0 Å². The Hall–Kier alpha value is -0.860. The minimum absolute atomic E-state index is 0.0943. The number of rotatable bonds is 6. The molecule has 0 aromatic heterocycles. The van der Waals surface area contributed by atoms with Gasteiger partial charge in [-0.15, -0.1) is 0 Å². The molecule has 2 rings (SSSR count). The van der Waals surface area contributed by atoms with Crippen molar-refractivity contribution >= 4 is 0 Å². The van der Waals surface area contributed by atoms with Crippen LogP contribution in [-0.2, 0) is 6.42 Å². The SMILES string of the molecule is CC(C)Cc1ccc(C(C)NCC2CCCC2O)cc1. The molecular weight excluding hydrogens is 246 g/mol. The van der Waals surface area contributed by atoms with Crippen molar-refractivity contribution in [1.82, 2.24) is 5.32 Å². The molecule has 0 amide bonds. The highest BCUT2D eigenvalue weighted by atomic mass is 16.3. The van der Waals surface area contributed by atoms with Gasteiger partial charge in [-0.3, -0.25) is 0 Å². The molecule has 1 aromatic carbocycles. The number of aliphatic hydroxyl groups excluding tert-OH is 1. The van der Waals surface area contributed by atoms with Crippen LogP contribution in [0.15, 0.2) is 24.3 Å². The molecule has 0 radical (unpaired) electrons. The van der Waals surface area contributed by atoms with Gasteiger partial charge in [0.2, 0.25) is 0 Å². The summed E-state index contributed by atoms with van der Waals surface area (Å²) in [6.07, 6.45) is 4.36. The molecule has 3 atom stereocenters. The molecule has 3 unspecified atom stereocenters. The standard InChI is InChI=1S/C18H29NO/c1-13(2)11-15-7-9-16(10-8-15)14(3)19-12-17-5-4-6-18(17)20/h7-10,13-14,17-20H,4-6,11-12H2,1-3H3. The van der Waals surface area contributed by atoms with Crippen LogP contribution in [-0.4, -0.2) is 17.8 Å². The lowest BCUT2D eigenvalue weighted by atomic mass is 9.99. The second-order valence-corrected chi connectivity index (χ2v) is 6.73. The van der Waals surface area contributed by atoms with Crippen molar-refractivity contribution < 1.29 is 5.11 Å². The topological polar surface area (TPSA) is 32.3 Å². The first-order valence-electron chi connectivity index (χ1n) is 8.06. The van der Waals surface area contributed by atoms with E-state index in [1.807, 2.05) is 0 Å². The number of aliphatic hydroxyl groups is 1. The molecule has 1 aliphatic carbocycles. The Labute approximate surface area is 123 Å². The van der Waals surface area contributed by atoms with Crippen molar-refractivity contribution in [2.24, 2.45) is 11.8 Å². The van der Waals surface area contributed by atoms with Crippen molar-refractivity contribution in [3.8, 4) is 0 Å². The lowest BCUT2D eigenvalue weighted by molar-refractivity contribution is 0.130. The third-order valence-corrected chi connectivity index (χ3v) is 4.43. The van der Waals surface area contributed by atoms with Crippen LogP contribution < -0.4 is 5.32 Å². The van der Waals surface area contributed by atoms with Gasteiger partial charge in [0.05, 0.1) is 6.10 Å². The predicted molar refractivity (Wildman–Crippen MR) is 84.7 cm³/mol. The molecule has 112 valence electrons. The van der Waals surface area contributed by atoms with Crippen LogP contribution in [0.3, 0.4) is 0 Å². The zero-order chi connectivity index (χ0) is 14.5. The van der Waals surface area contributed by atoms with E-state index >= 15 is 0 Å². The van der Waals surface area contributed by atoms with Crippen LogP contribution in [0.25, 0.3) is 0 Å². The molecule has 2 heteroatoms. The van der Waals surface area contributed by atoms with Gasteiger partial charge in [-0.2, -0.15) is 0 Å². The zero-order valence-electron chi connectivity index (χ0n) is 13.1. The third-order valence-electron chi connectivity index (χ3n) is 4.43. The van der Waals surface area contributed by atoms with Crippen molar-refractivity contribution in [2.45, 2.75) is 58.6 Å². The third kappa shape index (κ3) is 4.32. The summed E-state index contributed by atoms with van der Waals surface area (Å²) in [6, 6.07) is 9.33. The lowest BCUT2D eigenvalue weighted by Gasteiger charge is -2.20. The van der Waals surface area contributed by atoms with Crippen LogP contribution in [0.5, 0.6) is 0 Å². The molecule has 0 aliphatic heterocycles. The summed E-state index contributed by atoms with van der Waals surface area (Å²) < 4.78 is 0. The Bertz CT molecular complexity index is 398. The molecule has 1 aromatic rings. The summed E-state index contributed by atoms with van der Waals surface area (Å²) in [5.74, 6) is 1.15. The van der Waals surface area contributed by atoms with Crippen molar-refractivity contribution in [2.75, 3.05) is 6.54 Å². The monoisotopic (exact) mass is 275 g/mol. The summed E-state index contributed by atoms with van der Waals surface area (Å²) in [6.45, 7) is 7.64. The van der Waals surface area contributed by atoms with Gasteiger partial charge in [0.1, 0.15) is 0 Å². The molecule has 0 bridgehead atoms. The Balaban J connectivity index is 1.84. The second-order valence-electron chi connectivity index (χ2n) is 6.73. The molecule has 1 fully saturated rings. The summed E-state index contributed by atoms with van der Waals surface area (Å²) >= 11 is 0. The van der Waals surface area contributed by atoms with Gasteiger partial charge < -0.3 is 10.4 Å². The average molecular weight is 275 g/mol. The summed E-state index contributed by atoms with van der Waals surface area (Å²) in [7, 11) is 0. The molecule has 0 heterocycles. The minimum Gasteiger partial charge on any atom is -0.393 e. The molecule has 2 N–H and O–H groups in total. The van der Waals surface area contributed by atoms with Gasteiger partial charge in [0, 0.05) is 12.6 Å². The van der Waals surface area contributed by atoms with Gasteiger partial charge in [-0.25, -0.2) is 0 Å². The second kappa shape index (κ2) is 7.24. The molecule has 1 aliphatic rings. The molecule has 1 saturated carbocycles. The highest BCUT2D eigenvalue weighted by Gasteiger charge is 2.25. The molecule has 0 saturated heterocycles. The Morgan fingerprint density at radius 2 is 1.85 bits per heavy atom. The van der Waals surface area contributed by atoms with Crippen LogP contribution >= 0.6 is 0 Å². The number of nitrogens with one attached hydrogen (secondary N) is 1. The molecular formula is C18H29NO. The summed E-state index contributed by atoms with van der Waals surface area (Å²) in [5, 5.41) is 13.4. The lowest BCUT2D eigenvalue weighted by Crippen LogP contribution is -2.29. The van der Waals surface area contributed by atoms with Crippen LogP contribution in [0.4, 0.5) is 0 Å². The highest BCUT2D eigenvalue weighted by molar-refractivity contribution is 5.25. The predicted octanol–water partition coefficient (Wildman–Crippen LogP) is 3.70. The van der Waals surface area contributed by atoms with E-state index in [2.05, 4.69) is 50.4 Å². The first-order valence-corrected chi connectivity index (χ1v) is 8.06. The number of hydrogen-bond donors (Lipinski definition) is 2. The molecule has 20 heavy (non-hydrogen) atoms. The maximum absolute atomic E-state index is 9.85. The first-order chi connectivity index (χ1) is 9.56. The Morgan fingerprint density at radius 1 is 1.15 bits per heavy atom. The minimum atomic E-state index is -0.0943. The smallest absolute Gasteiger partial charge is 0.0580 e. The van der Waals surface area contributed by atoms with E-state index in [4.69, 9.17) is 0 Å². The fourth-order valence-corrected chi connectivity index (χ4v) is 3.12. The highest BCUT2D eigenvalue weighted by Crippen LogP contribution is 2.25. The van der Waals surface area contributed by atoms with Crippen molar-refractivity contribution in [3.05, 3.63) is 35.4 Å². The van der Waals surface area contributed by atoms with E-state index in [1.165, 1.54) is 17.5 Å². The zero-order valence-corrected chi connectivity index (χ0v) is 13.1. The molecule has 0 spiro atoms. The van der Waals surface area contributed by atoms with Gasteiger partial charge >= 0.3 is 0 Å². The Kier molecular flexibility index (Phi) is 5.62. The van der Waals surface area contributed by atoms with Gasteiger partial charge in [-0.05, 0) is 49.1 Å². The molecule has 2 nitrogen and oxygen atoms in total. The van der Waals surface area contributed by atoms with Crippen LogP contribution in [0.2, 0.25) is 0 Å². The maximum Gasteiger partial charge on any atom is 0.0580 e. The Morgan fingerprint density at radius 3 is 2.40 bits per heavy atom. The fourth-order valence-electron chi connectivity index (χ4n) is 3.12. The van der Waals surface area contributed by atoms with Crippen molar-refractivity contribution in [1.29, 1.82) is 0 Å². The number of hydrogen-bond acceptors (Lipinski definition) is 2. The van der Waals surface area contributed by atoms with Gasteiger partial charge in [0.25, 0.3) is 0 Å². The van der Waals surface area contributed by atoms with E-state index in [0.29, 0.717) is 17.9 Å². The maximum atomic E-state index is 9.85. The largest absolute Gasteiger partial charge is 0.393 e. The fraction of sp³-hybridized carbons (Fsp3) is 0.667. The normalized spacial score (nSPS) is 24.2. The first kappa shape index (κ1) is 15.5. The van der Waals surface area contributed by atoms with E-state index in [9.17, 15) is 5.11 Å². The van der Waals surface area contributed by atoms with Crippen LogP contribution in [0, 0.1) is 11.8 Å². The van der Waals surface area contributed by atoms with E-state index < -0.39 is 0 Å². The van der Waals surface area contributed by atoms with E-state index in [0.717, 1.165) is 25.8 Å². The van der Waals surface area contributed by atoms with Gasteiger partial charge in [-0.1, -0.05) is 44.5 Å². The average Bonchev–Trinajstić information content (AvgIpc) is 2.82. The number of benzene rings is 1.